The van der Waals surface area contributed by atoms with Gasteiger partial charge in [0.15, 0.2) is 0 Å². The quantitative estimate of drug-likeness (QED) is 0.684. The third kappa shape index (κ3) is 2.48. The van der Waals surface area contributed by atoms with Crippen molar-refractivity contribution in [1.82, 2.24) is 10.2 Å². The first-order chi connectivity index (χ1) is 7.47. The van der Waals surface area contributed by atoms with E-state index in [0.717, 1.165) is 25.9 Å². The van der Waals surface area contributed by atoms with Crippen LogP contribution < -0.4 is 5.32 Å². The molecule has 4 nitrogen and oxygen atoms in total. The van der Waals surface area contributed by atoms with Gasteiger partial charge >= 0.3 is 6.09 Å². The van der Waals surface area contributed by atoms with E-state index in [1.54, 1.807) is 0 Å². The third-order valence-corrected chi connectivity index (χ3v) is 3.25. The molecule has 0 bridgehead atoms. The van der Waals surface area contributed by atoms with Gasteiger partial charge in [0.05, 0.1) is 6.04 Å². The monoisotopic (exact) mass is 226 g/mol. The van der Waals surface area contributed by atoms with E-state index in [-0.39, 0.29) is 6.09 Å². The summed E-state index contributed by atoms with van der Waals surface area (Å²) in [4.78, 5) is 13.9. The number of carbonyl (C=O) groups excluding carboxylic acids is 1. The lowest BCUT2D eigenvalue weighted by atomic mass is 9.85. The summed E-state index contributed by atoms with van der Waals surface area (Å²) >= 11 is 0. The number of rotatable bonds is 0. The Labute approximate surface area is 97.3 Å². The summed E-state index contributed by atoms with van der Waals surface area (Å²) in [5.41, 5.74) is -0.393. The lowest BCUT2D eigenvalue weighted by Gasteiger charge is -2.42. The summed E-state index contributed by atoms with van der Waals surface area (Å²) in [7, 11) is 0. The molecule has 0 aromatic carbocycles. The highest BCUT2D eigenvalue weighted by molar-refractivity contribution is 5.69. The van der Waals surface area contributed by atoms with Crippen LogP contribution >= 0.6 is 0 Å². The van der Waals surface area contributed by atoms with Gasteiger partial charge in [-0.15, -0.1) is 0 Å². The Balaban J connectivity index is 1.98. The zero-order valence-corrected chi connectivity index (χ0v) is 10.5. The minimum atomic E-state index is -0.393. The van der Waals surface area contributed by atoms with Crippen molar-refractivity contribution in [1.29, 1.82) is 0 Å². The van der Waals surface area contributed by atoms with Crippen LogP contribution in [0, 0.1) is 0 Å². The van der Waals surface area contributed by atoms with Crippen molar-refractivity contribution in [3.8, 4) is 0 Å². The van der Waals surface area contributed by atoms with Gasteiger partial charge in [0.25, 0.3) is 0 Å². The van der Waals surface area contributed by atoms with Crippen LogP contribution in [0.1, 0.15) is 40.0 Å². The number of nitrogens with zero attached hydrogens (tertiary/aromatic N) is 1. The standard InChI is InChI=1S/C12H22N2O2/c1-12(2,3)16-11(15)14-8-4-7-13-9-5-6-10(9)14/h9-10,13H,4-8H2,1-3H3. The van der Waals surface area contributed by atoms with Crippen molar-refractivity contribution in [3.63, 3.8) is 0 Å². The minimum Gasteiger partial charge on any atom is -0.444 e. The predicted octanol–water partition coefficient (Wildman–Crippen LogP) is 1.75. The van der Waals surface area contributed by atoms with Crippen LogP contribution in [0.4, 0.5) is 4.79 Å². The first-order valence-corrected chi connectivity index (χ1v) is 6.20. The first-order valence-electron chi connectivity index (χ1n) is 6.20. The summed E-state index contributed by atoms with van der Waals surface area (Å²) in [5.74, 6) is 0. The molecule has 0 radical (unpaired) electrons. The molecule has 1 heterocycles. The number of hydrogen-bond donors (Lipinski definition) is 1. The van der Waals surface area contributed by atoms with Crippen molar-refractivity contribution >= 4 is 6.09 Å². The molecule has 0 spiro atoms. The smallest absolute Gasteiger partial charge is 0.410 e. The predicted molar refractivity (Wildman–Crippen MR) is 62.4 cm³/mol. The third-order valence-electron chi connectivity index (χ3n) is 3.25. The Morgan fingerprint density at radius 1 is 1.38 bits per heavy atom. The molecule has 4 heteroatoms. The minimum absolute atomic E-state index is 0.147. The second-order valence-corrected chi connectivity index (χ2v) is 5.73. The normalized spacial score (nSPS) is 30.1. The Kier molecular flexibility index (Phi) is 3.10. The van der Waals surface area contributed by atoms with Crippen molar-refractivity contribution in [2.75, 3.05) is 13.1 Å². The van der Waals surface area contributed by atoms with E-state index >= 15 is 0 Å². The van der Waals surface area contributed by atoms with Gasteiger partial charge in [-0.05, 0) is 46.6 Å². The molecule has 0 aromatic heterocycles. The van der Waals surface area contributed by atoms with Gasteiger partial charge in [0.2, 0.25) is 0 Å². The lowest BCUT2D eigenvalue weighted by Crippen LogP contribution is -2.57. The fraction of sp³-hybridized carbons (Fsp3) is 0.917. The highest BCUT2D eigenvalue weighted by Crippen LogP contribution is 2.28. The van der Waals surface area contributed by atoms with E-state index in [4.69, 9.17) is 4.74 Å². The lowest BCUT2D eigenvalue weighted by molar-refractivity contribution is 0.00418. The SMILES string of the molecule is CC(C)(C)OC(=O)N1CCCNC2CCC21. The van der Waals surface area contributed by atoms with Gasteiger partial charge < -0.3 is 15.0 Å². The molecule has 1 saturated heterocycles. The molecule has 2 aliphatic rings. The van der Waals surface area contributed by atoms with E-state index in [9.17, 15) is 4.79 Å². The molecule has 2 rings (SSSR count). The van der Waals surface area contributed by atoms with Gasteiger partial charge in [-0.2, -0.15) is 0 Å². The average Bonchev–Trinajstić information content (AvgIpc) is 2.22. The summed E-state index contributed by atoms with van der Waals surface area (Å²) in [6, 6.07) is 0.854. The maximum atomic E-state index is 12.0. The van der Waals surface area contributed by atoms with Crippen molar-refractivity contribution < 1.29 is 9.53 Å². The Hall–Kier alpha value is -0.770. The molecule has 92 valence electrons. The molecule has 1 N–H and O–H groups in total. The van der Waals surface area contributed by atoms with Gasteiger partial charge in [0, 0.05) is 12.6 Å². The van der Waals surface area contributed by atoms with E-state index in [2.05, 4.69) is 5.32 Å². The summed E-state index contributed by atoms with van der Waals surface area (Å²) in [6.07, 6.45) is 3.17. The van der Waals surface area contributed by atoms with Crippen molar-refractivity contribution in [2.45, 2.75) is 57.7 Å². The van der Waals surface area contributed by atoms with Crippen LogP contribution in [0.5, 0.6) is 0 Å². The van der Waals surface area contributed by atoms with Crippen LogP contribution in [0.2, 0.25) is 0 Å². The molecule has 2 unspecified atom stereocenters. The fourth-order valence-corrected chi connectivity index (χ4v) is 2.34. The van der Waals surface area contributed by atoms with E-state index in [1.165, 1.54) is 6.42 Å². The van der Waals surface area contributed by atoms with E-state index < -0.39 is 5.60 Å². The zero-order valence-electron chi connectivity index (χ0n) is 10.5. The van der Waals surface area contributed by atoms with Crippen LogP contribution in [0.25, 0.3) is 0 Å². The molecule has 2 atom stereocenters. The molecule has 1 aliphatic heterocycles. The number of carbonyl (C=O) groups is 1. The average molecular weight is 226 g/mol. The summed E-state index contributed by atoms with van der Waals surface area (Å²) < 4.78 is 5.44. The Bertz CT molecular complexity index is 273. The number of fused-ring (bicyclic) bond motifs is 1. The molecule has 0 aromatic rings. The van der Waals surface area contributed by atoms with Crippen molar-refractivity contribution in [2.24, 2.45) is 0 Å². The Morgan fingerprint density at radius 3 is 2.69 bits per heavy atom. The van der Waals surface area contributed by atoms with Crippen LogP contribution in [0.15, 0.2) is 0 Å². The highest BCUT2D eigenvalue weighted by atomic mass is 16.6. The van der Waals surface area contributed by atoms with Gasteiger partial charge in [-0.3, -0.25) is 0 Å². The number of hydrogen-bond acceptors (Lipinski definition) is 3. The molecule has 1 saturated carbocycles. The van der Waals surface area contributed by atoms with Crippen LogP contribution in [0.3, 0.4) is 0 Å². The molecule has 1 amide bonds. The van der Waals surface area contributed by atoms with Gasteiger partial charge in [-0.1, -0.05) is 0 Å². The largest absolute Gasteiger partial charge is 0.444 e. The fourth-order valence-electron chi connectivity index (χ4n) is 2.34. The maximum absolute atomic E-state index is 12.0. The number of nitrogens with one attached hydrogen (secondary N) is 1. The van der Waals surface area contributed by atoms with E-state index in [0.29, 0.717) is 12.1 Å². The Morgan fingerprint density at radius 2 is 2.12 bits per heavy atom. The van der Waals surface area contributed by atoms with E-state index in [1.807, 2.05) is 25.7 Å². The second-order valence-electron chi connectivity index (χ2n) is 5.73. The van der Waals surface area contributed by atoms with Gasteiger partial charge in [-0.25, -0.2) is 4.79 Å². The van der Waals surface area contributed by atoms with Gasteiger partial charge in [0.1, 0.15) is 5.60 Å². The number of amides is 1. The zero-order chi connectivity index (χ0) is 11.8. The van der Waals surface area contributed by atoms with Crippen LogP contribution in [-0.4, -0.2) is 41.8 Å². The molecule has 1 aliphatic carbocycles. The molecule has 16 heavy (non-hydrogen) atoms. The highest BCUT2D eigenvalue weighted by Gasteiger charge is 2.40. The first kappa shape index (κ1) is 11.7. The molecular weight excluding hydrogens is 204 g/mol. The van der Waals surface area contributed by atoms with Crippen molar-refractivity contribution in [3.05, 3.63) is 0 Å². The topological polar surface area (TPSA) is 41.6 Å². The summed E-state index contributed by atoms with van der Waals surface area (Å²) in [5, 5.41) is 3.48. The summed E-state index contributed by atoms with van der Waals surface area (Å²) in [6.45, 7) is 7.58. The molecular formula is C12H22N2O2. The molecule has 2 fully saturated rings. The second kappa shape index (κ2) is 4.24. The van der Waals surface area contributed by atoms with Crippen LogP contribution in [-0.2, 0) is 4.74 Å². The maximum Gasteiger partial charge on any atom is 0.410 e. The number of ether oxygens (including phenoxy) is 1.